The Labute approximate surface area is 191 Å². The van der Waals surface area contributed by atoms with E-state index in [2.05, 4.69) is 71.2 Å². The zero-order valence-corrected chi connectivity index (χ0v) is 20.3. The van der Waals surface area contributed by atoms with Crippen molar-refractivity contribution in [1.82, 2.24) is 14.5 Å². The number of nitrogens with zero attached hydrogens (tertiary/aromatic N) is 4. The molecule has 0 amide bonds. The Kier molecular flexibility index (Phi) is 6.94. The third kappa shape index (κ3) is 5.57. The van der Waals surface area contributed by atoms with Crippen LogP contribution >= 0.6 is 0 Å². The third-order valence-corrected chi connectivity index (χ3v) is 7.71. The Hall–Kier alpha value is -2.66. The fourth-order valence-electron chi connectivity index (χ4n) is 4.16. The summed E-state index contributed by atoms with van der Waals surface area (Å²) in [6.45, 7) is 11.3. The number of nitriles is 1. The lowest BCUT2D eigenvalue weighted by Gasteiger charge is -2.19. The average molecular weight is 448 g/mol. The fraction of sp³-hybridized carbons (Fsp3) is 0.440. The number of benzene rings is 1. The summed E-state index contributed by atoms with van der Waals surface area (Å²) in [6.07, 6.45) is 4.75. The predicted octanol–water partition coefficient (Wildman–Crippen LogP) is 4.91. The van der Waals surface area contributed by atoms with Crippen LogP contribution in [0.3, 0.4) is 0 Å². The monoisotopic (exact) mass is 447 g/mol. The van der Waals surface area contributed by atoms with Crippen molar-refractivity contribution in [3.8, 4) is 6.07 Å². The van der Waals surface area contributed by atoms with Crippen LogP contribution in [0.2, 0.25) is 25.7 Å². The van der Waals surface area contributed by atoms with Crippen LogP contribution in [0.25, 0.3) is 11.0 Å². The van der Waals surface area contributed by atoms with Gasteiger partial charge in [0.05, 0.1) is 11.3 Å². The molecule has 4 rings (SSSR count). The van der Waals surface area contributed by atoms with Crippen LogP contribution in [0.15, 0.2) is 48.8 Å². The first kappa shape index (κ1) is 22.5. The Bertz CT molecular complexity index is 1080. The van der Waals surface area contributed by atoms with Gasteiger partial charge in [-0.25, -0.2) is 4.98 Å². The number of nitrogens with one attached hydrogen (secondary N) is 1. The van der Waals surface area contributed by atoms with E-state index in [0.29, 0.717) is 18.3 Å². The van der Waals surface area contributed by atoms with Gasteiger partial charge in [0.25, 0.3) is 0 Å². The number of aromatic nitrogens is 2. The standard InChI is InChI=1S/C25H33N5OSi/c1-32(2,3)14-13-31-19-30-12-10-23-24(21(15-26)16-27-25(23)30)28-22-9-11-29(18-22)17-20-7-5-4-6-8-20/h4-8,10,12,16,22H,9,11,13-14,17-19H2,1-3H3,(H,27,28). The van der Waals surface area contributed by atoms with Crippen molar-refractivity contribution < 1.29 is 4.74 Å². The van der Waals surface area contributed by atoms with E-state index in [1.165, 1.54) is 5.56 Å². The molecule has 1 aliphatic heterocycles. The maximum absolute atomic E-state index is 9.69. The molecule has 1 N–H and O–H groups in total. The number of hydrogen-bond donors (Lipinski definition) is 1. The molecule has 0 bridgehead atoms. The molecule has 7 heteroatoms. The molecular formula is C25H33N5OSi. The van der Waals surface area contributed by atoms with Crippen LogP contribution in [0, 0.1) is 11.3 Å². The molecule has 1 atom stereocenters. The first-order chi connectivity index (χ1) is 15.4. The second-order valence-electron chi connectivity index (χ2n) is 9.88. The number of rotatable bonds is 9. The molecule has 0 spiro atoms. The lowest BCUT2D eigenvalue weighted by molar-refractivity contribution is 0.0899. The van der Waals surface area contributed by atoms with Gasteiger partial charge in [-0.05, 0) is 24.1 Å². The summed E-state index contributed by atoms with van der Waals surface area (Å²) < 4.78 is 7.96. The van der Waals surface area contributed by atoms with Gasteiger partial charge in [-0.15, -0.1) is 0 Å². The van der Waals surface area contributed by atoms with Gasteiger partial charge >= 0.3 is 0 Å². The van der Waals surface area contributed by atoms with Crippen molar-refractivity contribution >= 4 is 24.8 Å². The van der Waals surface area contributed by atoms with Gasteiger partial charge in [0.2, 0.25) is 0 Å². The molecule has 32 heavy (non-hydrogen) atoms. The lowest BCUT2D eigenvalue weighted by atomic mass is 10.1. The van der Waals surface area contributed by atoms with E-state index in [9.17, 15) is 5.26 Å². The maximum Gasteiger partial charge on any atom is 0.143 e. The highest BCUT2D eigenvalue weighted by atomic mass is 28.3. The number of pyridine rings is 1. The Morgan fingerprint density at radius 3 is 2.78 bits per heavy atom. The minimum absolute atomic E-state index is 0.313. The van der Waals surface area contributed by atoms with Gasteiger partial charge in [0.15, 0.2) is 0 Å². The van der Waals surface area contributed by atoms with Crippen LogP contribution in [0.5, 0.6) is 0 Å². The zero-order valence-electron chi connectivity index (χ0n) is 19.3. The molecule has 0 radical (unpaired) electrons. The normalized spacial score (nSPS) is 17.0. The molecule has 168 valence electrons. The Morgan fingerprint density at radius 2 is 2.03 bits per heavy atom. The smallest absolute Gasteiger partial charge is 0.143 e. The SMILES string of the molecule is C[Si](C)(C)CCOCn1ccc2c(NC3CCN(Cc4ccccc4)C3)c(C#N)cnc21. The zero-order chi connectivity index (χ0) is 22.6. The highest BCUT2D eigenvalue weighted by Crippen LogP contribution is 2.29. The molecule has 0 saturated carbocycles. The first-order valence-electron chi connectivity index (χ1n) is 11.4. The molecular weight excluding hydrogens is 414 g/mol. The molecule has 1 fully saturated rings. The minimum atomic E-state index is -1.11. The van der Waals surface area contributed by atoms with E-state index >= 15 is 0 Å². The van der Waals surface area contributed by atoms with Crippen molar-refractivity contribution in [2.45, 2.75) is 51.4 Å². The van der Waals surface area contributed by atoms with Crippen LogP contribution in [-0.2, 0) is 18.0 Å². The van der Waals surface area contributed by atoms with Crippen molar-refractivity contribution in [1.29, 1.82) is 5.26 Å². The molecule has 6 nitrogen and oxygen atoms in total. The van der Waals surface area contributed by atoms with Gasteiger partial charge in [-0.2, -0.15) is 5.26 Å². The van der Waals surface area contributed by atoms with E-state index in [-0.39, 0.29) is 0 Å². The second kappa shape index (κ2) is 9.86. The first-order valence-corrected chi connectivity index (χ1v) is 15.1. The molecule has 1 aliphatic rings. The topological polar surface area (TPSA) is 66.1 Å². The molecule has 1 saturated heterocycles. The number of anilines is 1. The summed E-state index contributed by atoms with van der Waals surface area (Å²) in [5.74, 6) is 0. The minimum Gasteiger partial charge on any atom is -0.379 e. The van der Waals surface area contributed by atoms with Crippen LogP contribution < -0.4 is 5.32 Å². The molecule has 3 heterocycles. The summed E-state index contributed by atoms with van der Waals surface area (Å²) in [7, 11) is -1.11. The van der Waals surface area contributed by atoms with Gasteiger partial charge in [0, 0.05) is 58.1 Å². The summed E-state index contributed by atoms with van der Waals surface area (Å²) >= 11 is 0. The number of likely N-dealkylation sites (tertiary alicyclic amines) is 1. The van der Waals surface area contributed by atoms with Gasteiger partial charge < -0.3 is 14.6 Å². The van der Waals surface area contributed by atoms with E-state index in [1.54, 1.807) is 6.20 Å². The summed E-state index contributed by atoms with van der Waals surface area (Å²) in [6, 6.07) is 16.4. The van der Waals surface area contributed by atoms with Crippen LogP contribution in [-0.4, -0.2) is 48.3 Å². The van der Waals surface area contributed by atoms with Crippen molar-refractivity contribution in [3.05, 3.63) is 59.9 Å². The lowest BCUT2D eigenvalue weighted by Crippen LogP contribution is -2.26. The van der Waals surface area contributed by atoms with Gasteiger partial charge in [0.1, 0.15) is 18.4 Å². The van der Waals surface area contributed by atoms with Gasteiger partial charge in [-0.1, -0.05) is 50.0 Å². The average Bonchev–Trinajstić information content (AvgIpc) is 3.38. The van der Waals surface area contributed by atoms with Crippen molar-refractivity contribution in [2.24, 2.45) is 0 Å². The second-order valence-corrected chi connectivity index (χ2v) is 15.5. The quantitative estimate of drug-likeness (QED) is 0.373. The molecule has 0 aliphatic carbocycles. The highest BCUT2D eigenvalue weighted by molar-refractivity contribution is 6.76. The molecule has 2 aromatic heterocycles. The van der Waals surface area contributed by atoms with E-state index in [4.69, 9.17) is 4.74 Å². The summed E-state index contributed by atoms with van der Waals surface area (Å²) in [4.78, 5) is 7.03. The van der Waals surface area contributed by atoms with Crippen LogP contribution in [0.1, 0.15) is 17.5 Å². The Morgan fingerprint density at radius 1 is 1.22 bits per heavy atom. The Balaban J connectivity index is 1.44. The van der Waals surface area contributed by atoms with E-state index < -0.39 is 8.07 Å². The summed E-state index contributed by atoms with van der Waals surface area (Å²) in [5, 5.41) is 14.3. The highest BCUT2D eigenvalue weighted by Gasteiger charge is 2.24. The number of fused-ring (bicyclic) bond motifs is 1. The van der Waals surface area contributed by atoms with Crippen LogP contribution in [0.4, 0.5) is 5.69 Å². The van der Waals surface area contributed by atoms with E-state index in [1.807, 2.05) is 16.8 Å². The van der Waals surface area contributed by atoms with E-state index in [0.717, 1.165) is 55.4 Å². The number of ether oxygens (including phenoxy) is 1. The molecule has 1 unspecified atom stereocenters. The maximum atomic E-state index is 9.69. The van der Waals surface area contributed by atoms with Crippen molar-refractivity contribution in [3.63, 3.8) is 0 Å². The molecule has 3 aromatic rings. The summed E-state index contributed by atoms with van der Waals surface area (Å²) in [5.41, 5.74) is 3.68. The van der Waals surface area contributed by atoms with Crippen molar-refractivity contribution in [2.75, 3.05) is 25.0 Å². The number of hydrogen-bond acceptors (Lipinski definition) is 5. The van der Waals surface area contributed by atoms with Gasteiger partial charge in [-0.3, -0.25) is 4.90 Å². The third-order valence-electron chi connectivity index (χ3n) is 6.01. The molecule has 1 aromatic carbocycles. The fourth-order valence-corrected chi connectivity index (χ4v) is 4.92. The largest absolute Gasteiger partial charge is 0.379 e. The predicted molar refractivity (Wildman–Crippen MR) is 132 cm³/mol.